The summed E-state index contributed by atoms with van der Waals surface area (Å²) in [7, 11) is 0. The largest absolute Gasteiger partial charge is 0.457 e. The molecule has 1 atom stereocenters. The topological polar surface area (TPSA) is 189 Å². The number of carbonyl (C=O) groups is 5. The highest BCUT2D eigenvalue weighted by atomic mass is 16.5. The van der Waals surface area contributed by atoms with Crippen LogP contribution in [0.2, 0.25) is 0 Å². The molecule has 5 aliphatic rings. The van der Waals surface area contributed by atoms with Crippen LogP contribution in [0.3, 0.4) is 0 Å². The molecule has 6 amide bonds. The van der Waals surface area contributed by atoms with Gasteiger partial charge in [-0.05, 0) is 98.5 Å². The average Bonchev–Trinajstić information content (AvgIpc) is 3.76. The quantitative estimate of drug-likeness (QED) is 0.214. The third-order valence-corrected chi connectivity index (χ3v) is 12.9. The Morgan fingerprint density at radius 3 is 2.20 bits per heavy atom. The van der Waals surface area contributed by atoms with Crippen LogP contribution in [0.15, 0.2) is 79.1 Å². The van der Waals surface area contributed by atoms with Crippen molar-refractivity contribution >= 4 is 52.2 Å². The van der Waals surface area contributed by atoms with Crippen molar-refractivity contribution in [1.82, 2.24) is 39.8 Å². The zero-order chi connectivity index (χ0) is 41.1. The lowest BCUT2D eigenvalue weighted by Crippen LogP contribution is -2.58. The first kappa shape index (κ1) is 37.4. The van der Waals surface area contributed by atoms with E-state index in [9.17, 15) is 24.0 Å². The number of anilines is 2. The second kappa shape index (κ2) is 15.1. The number of carbonyl (C=O) groups excluding carboxylic acids is 5. The molecule has 0 radical (unpaired) electrons. The smallest absolute Gasteiger partial charge is 0.320 e. The highest BCUT2D eigenvalue weighted by Crippen LogP contribution is 2.38. The Labute approximate surface area is 345 Å². The number of urea groups is 1. The molecule has 4 saturated heterocycles. The standard InChI is InChI=1S/C44H44N10O6/c45-39-37-38(27-6-9-32(10-7-27)60-31-4-2-1-3-5-31)49-54(40(37)47-25-46-39)29-16-20-51(21-17-29)44(59)52-23-28(24-52)26-14-18-50(19-15-26)30-8-11-33-34(22-30)43(58)53(42(33)57)35-12-13-36(55)48-41(35)56/h1-11,22,25-26,28-29,35H,12-21,23-24H2,(H2,45,46,47)(H,48,55,56). The van der Waals surface area contributed by atoms with Crippen molar-refractivity contribution in [1.29, 1.82) is 0 Å². The van der Waals surface area contributed by atoms with Crippen molar-refractivity contribution in [3.63, 3.8) is 0 Å². The first-order valence-corrected chi connectivity index (χ1v) is 20.7. The molecule has 16 heteroatoms. The Kier molecular flexibility index (Phi) is 9.41. The van der Waals surface area contributed by atoms with Crippen LogP contribution in [0, 0.1) is 11.8 Å². The van der Waals surface area contributed by atoms with Gasteiger partial charge in [0.15, 0.2) is 5.65 Å². The lowest BCUT2D eigenvalue weighted by Gasteiger charge is -2.48. The third kappa shape index (κ3) is 6.65. The van der Waals surface area contributed by atoms with Gasteiger partial charge in [0.25, 0.3) is 11.8 Å². The fourth-order valence-electron chi connectivity index (χ4n) is 9.51. The fraction of sp³-hybridized carbons (Fsp3) is 0.364. The number of nitrogens with zero attached hydrogens (tertiary/aromatic N) is 8. The number of nitrogens with two attached hydrogens (primary N) is 1. The summed E-state index contributed by atoms with van der Waals surface area (Å²) in [5, 5.41) is 8.00. The van der Waals surface area contributed by atoms with E-state index in [0.717, 1.165) is 73.8 Å². The van der Waals surface area contributed by atoms with E-state index >= 15 is 0 Å². The Bertz CT molecular complexity index is 2520. The summed E-state index contributed by atoms with van der Waals surface area (Å²) in [5.74, 6) is 0.746. The minimum Gasteiger partial charge on any atom is -0.457 e. The van der Waals surface area contributed by atoms with Crippen LogP contribution < -0.4 is 20.7 Å². The molecule has 7 heterocycles. The van der Waals surface area contributed by atoms with E-state index in [2.05, 4.69) is 20.2 Å². The van der Waals surface area contributed by atoms with Crippen molar-refractivity contribution in [3.8, 4) is 22.8 Å². The van der Waals surface area contributed by atoms with Gasteiger partial charge in [0, 0.05) is 56.9 Å². The van der Waals surface area contributed by atoms with Crippen LogP contribution in [-0.2, 0) is 9.59 Å². The summed E-state index contributed by atoms with van der Waals surface area (Å²) in [4.78, 5) is 80.3. The number of hydrogen-bond acceptors (Lipinski definition) is 11. The van der Waals surface area contributed by atoms with Crippen LogP contribution in [0.4, 0.5) is 16.3 Å². The molecule has 60 heavy (non-hydrogen) atoms. The van der Waals surface area contributed by atoms with Gasteiger partial charge >= 0.3 is 6.03 Å². The van der Waals surface area contributed by atoms with Crippen molar-refractivity contribution in [2.75, 3.05) is 49.9 Å². The van der Waals surface area contributed by atoms with E-state index < -0.39 is 29.7 Å². The first-order valence-electron chi connectivity index (χ1n) is 20.7. The molecular formula is C44H44N10O6. The molecule has 10 rings (SSSR count). The van der Waals surface area contributed by atoms with Gasteiger partial charge in [-0.1, -0.05) is 18.2 Å². The highest BCUT2D eigenvalue weighted by Gasteiger charge is 2.45. The molecule has 3 aromatic carbocycles. The number of para-hydroxylation sites is 1. The lowest BCUT2D eigenvalue weighted by molar-refractivity contribution is -0.136. The number of rotatable bonds is 7. The van der Waals surface area contributed by atoms with Crippen molar-refractivity contribution in [3.05, 3.63) is 90.3 Å². The predicted octanol–water partition coefficient (Wildman–Crippen LogP) is 4.87. The number of likely N-dealkylation sites (tertiary alicyclic amines) is 2. The number of aromatic nitrogens is 4. The number of imide groups is 2. The number of piperidine rings is 3. The molecule has 5 aliphatic heterocycles. The minimum atomic E-state index is -0.986. The number of ether oxygens (including phenoxy) is 1. The second-order valence-corrected chi connectivity index (χ2v) is 16.4. The normalized spacial score (nSPS) is 20.4. The molecule has 0 spiro atoms. The lowest BCUT2D eigenvalue weighted by atomic mass is 9.79. The Morgan fingerprint density at radius 1 is 0.750 bits per heavy atom. The third-order valence-electron chi connectivity index (χ3n) is 12.9. The van der Waals surface area contributed by atoms with Crippen LogP contribution in [0.5, 0.6) is 11.5 Å². The molecule has 1 unspecified atom stereocenters. The molecule has 5 aromatic rings. The Balaban J connectivity index is 0.723. The van der Waals surface area contributed by atoms with Crippen molar-refractivity contribution < 1.29 is 28.7 Å². The molecule has 0 saturated carbocycles. The molecule has 0 aliphatic carbocycles. The van der Waals surface area contributed by atoms with E-state index in [-0.39, 0.29) is 30.5 Å². The number of nitrogen functional groups attached to an aromatic ring is 1. The summed E-state index contributed by atoms with van der Waals surface area (Å²) in [6.45, 7) is 4.32. The molecule has 2 aromatic heterocycles. The summed E-state index contributed by atoms with van der Waals surface area (Å²) in [6, 6.07) is 21.8. The maximum Gasteiger partial charge on any atom is 0.320 e. The Morgan fingerprint density at radius 2 is 1.47 bits per heavy atom. The van der Waals surface area contributed by atoms with Gasteiger partial charge in [0.1, 0.15) is 35.4 Å². The van der Waals surface area contributed by atoms with E-state index in [1.54, 1.807) is 12.1 Å². The molecule has 306 valence electrons. The number of hydrogen-bond donors (Lipinski definition) is 2. The van der Waals surface area contributed by atoms with Crippen LogP contribution in [-0.4, -0.2) is 109 Å². The van der Waals surface area contributed by atoms with Crippen LogP contribution >= 0.6 is 0 Å². The zero-order valence-electron chi connectivity index (χ0n) is 32.9. The molecular weight excluding hydrogens is 765 g/mol. The Hall–Kier alpha value is -6.84. The fourth-order valence-corrected chi connectivity index (χ4v) is 9.51. The average molecular weight is 809 g/mol. The number of amides is 6. The van der Waals surface area contributed by atoms with Crippen molar-refractivity contribution in [2.24, 2.45) is 11.8 Å². The van der Waals surface area contributed by atoms with E-state index in [0.29, 0.717) is 58.8 Å². The number of nitrogens with one attached hydrogen (secondary N) is 1. The molecule has 16 nitrogen and oxygen atoms in total. The van der Waals surface area contributed by atoms with Gasteiger partial charge in [-0.15, -0.1) is 0 Å². The van der Waals surface area contributed by atoms with Gasteiger partial charge in [0.05, 0.1) is 22.6 Å². The SMILES string of the molecule is Nc1ncnc2c1c(-c1ccc(Oc3ccccc3)cc1)nn2C1CCN(C(=O)N2CC(C3CCN(c4ccc5c(c4)C(=O)N(C4CCC(=O)NC4=O)C5=O)CC3)C2)CC1. The predicted molar refractivity (Wildman–Crippen MR) is 220 cm³/mol. The maximum atomic E-state index is 13.7. The van der Waals surface area contributed by atoms with Crippen LogP contribution in [0.1, 0.15) is 65.3 Å². The number of fused-ring (bicyclic) bond motifs is 2. The van der Waals surface area contributed by atoms with Gasteiger partial charge in [-0.2, -0.15) is 5.10 Å². The van der Waals surface area contributed by atoms with Crippen molar-refractivity contribution in [2.45, 2.75) is 50.6 Å². The van der Waals surface area contributed by atoms with Gasteiger partial charge in [-0.3, -0.25) is 29.4 Å². The molecule has 0 bridgehead atoms. The molecule has 4 fully saturated rings. The summed E-state index contributed by atoms with van der Waals surface area (Å²) in [6.07, 6.45) is 5.08. The van der Waals surface area contributed by atoms with E-state index in [1.165, 1.54) is 6.33 Å². The second-order valence-electron chi connectivity index (χ2n) is 16.4. The molecule has 3 N–H and O–H groups in total. The summed E-state index contributed by atoms with van der Waals surface area (Å²) in [5.41, 5.74) is 10.1. The zero-order valence-corrected chi connectivity index (χ0v) is 32.9. The monoisotopic (exact) mass is 808 g/mol. The van der Waals surface area contributed by atoms with E-state index in [1.807, 2.05) is 75.1 Å². The van der Waals surface area contributed by atoms with Gasteiger partial charge in [-0.25, -0.2) is 19.4 Å². The first-order chi connectivity index (χ1) is 29.2. The maximum absolute atomic E-state index is 13.7. The summed E-state index contributed by atoms with van der Waals surface area (Å²) >= 11 is 0. The van der Waals surface area contributed by atoms with Gasteiger partial charge < -0.3 is 25.2 Å². The highest BCUT2D eigenvalue weighted by molar-refractivity contribution is 6.23. The summed E-state index contributed by atoms with van der Waals surface area (Å²) < 4.78 is 7.95. The van der Waals surface area contributed by atoms with Crippen LogP contribution in [0.25, 0.3) is 22.3 Å². The van der Waals surface area contributed by atoms with Gasteiger partial charge in [0.2, 0.25) is 11.8 Å². The van der Waals surface area contributed by atoms with E-state index in [4.69, 9.17) is 15.6 Å². The minimum absolute atomic E-state index is 0.0446. The number of benzene rings is 3.